The highest BCUT2D eigenvalue weighted by atomic mass is 32.1. The number of hydrazone groups is 1. The van der Waals surface area contributed by atoms with Gasteiger partial charge in [0.1, 0.15) is 11.5 Å². The number of nitrogens with one attached hydrogen (secondary N) is 2. The van der Waals surface area contributed by atoms with Gasteiger partial charge in [0.05, 0.1) is 11.1 Å². The molecule has 0 bridgehead atoms. The molecular formula is C17H20N4O4S. The molecule has 0 saturated heterocycles. The molecule has 2 aromatic rings. The maximum atomic E-state index is 10.7. The number of benzene rings is 1. The topological polar surface area (TPSA) is 102 Å². The average molecular weight is 376 g/mol. The Bertz CT molecular complexity index is 758. The molecule has 0 radical (unpaired) electrons. The molecule has 1 heterocycles. The van der Waals surface area contributed by atoms with Crippen molar-refractivity contribution in [2.75, 3.05) is 19.8 Å². The van der Waals surface area contributed by atoms with E-state index in [0.717, 1.165) is 12.0 Å². The number of hydrogen-bond acceptors (Lipinski definition) is 6. The monoisotopic (exact) mass is 376 g/mol. The zero-order chi connectivity index (χ0) is 18.8. The zero-order valence-electron chi connectivity index (χ0n) is 14.3. The van der Waals surface area contributed by atoms with Crippen molar-refractivity contribution in [2.45, 2.75) is 13.3 Å². The molecule has 0 spiro atoms. The number of thiocarbonyl (C=S) groups is 1. The van der Waals surface area contributed by atoms with Crippen LogP contribution in [-0.2, 0) is 4.74 Å². The van der Waals surface area contributed by atoms with Crippen LogP contribution in [0.25, 0.3) is 11.3 Å². The molecule has 0 amide bonds. The summed E-state index contributed by atoms with van der Waals surface area (Å²) in [5, 5.41) is 18.1. The molecular weight excluding hydrogens is 356 g/mol. The number of ether oxygens (including phenoxy) is 1. The van der Waals surface area contributed by atoms with Gasteiger partial charge in [0, 0.05) is 37.5 Å². The molecule has 1 aromatic heterocycles. The Labute approximate surface area is 156 Å². The third kappa shape index (κ3) is 6.26. The van der Waals surface area contributed by atoms with Gasteiger partial charge in [-0.05, 0) is 49.8 Å². The fourth-order valence-electron chi connectivity index (χ4n) is 2.04. The second-order valence-electron chi connectivity index (χ2n) is 5.18. The number of hydrogen-bond donors (Lipinski definition) is 2. The number of nitro groups is 1. The maximum Gasteiger partial charge on any atom is 0.269 e. The smallest absolute Gasteiger partial charge is 0.269 e. The molecule has 8 nitrogen and oxygen atoms in total. The molecule has 0 atom stereocenters. The largest absolute Gasteiger partial charge is 0.455 e. The molecule has 9 heteroatoms. The van der Waals surface area contributed by atoms with Gasteiger partial charge in [-0.25, -0.2) is 0 Å². The average Bonchev–Trinajstić information content (AvgIpc) is 3.10. The number of rotatable bonds is 9. The van der Waals surface area contributed by atoms with E-state index in [-0.39, 0.29) is 5.69 Å². The van der Waals surface area contributed by atoms with Gasteiger partial charge in [0.25, 0.3) is 5.69 Å². The molecule has 138 valence electrons. The van der Waals surface area contributed by atoms with Gasteiger partial charge >= 0.3 is 0 Å². The van der Waals surface area contributed by atoms with Gasteiger partial charge in [-0.15, -0.1) is 0 Å². The van der Waals surface area contributed by atoms with Crippen molar-refractivity contribution in [3.8, 4) is 11.3 Å². The first-order valence-corrected chi connectivity index (χ1v) is 8.50. The van der Waals surface area contributed by atoms with Gasteiger partial charge in [-0.2, -0.15) is 5.10 Å². The van der Waals surface area contributed by atoms with Crippen LogP contribution in [0.5, 0.6) is 0 Å². The predicted octanol–water partition coefficient (Wildman–Crippen LogP) is 3.08. The molecule has 2 rings (SSSR count). The van der Waals surface area contributed by atoms with E-state index in [0.29, 0.717) is 36.4 Å². The standard InChI is InChI=1S/C17H20N4O4S/c1-2-24-11-3-10-18-17(26)20-19-12-15-8-9-16(25-15)13-4-6-14(7-5-13)21(22)23/h4-9,12H,2-3,10-11H2,1H3,(H2,18,20,26)/b19-12-. The van der Waals surface area contributed by atoms with Crippen molar-refractivity contribution in [3.05, 3.63) is 52.3 Å². The Hall–Kier alpha value is -2.78. The van der Waals surface area contributed by atoms with Gasteiger partial charge in [0.2, 0.25) is 0 Å². The molecule has 0 aliphatic carbocycles. The van der Waals surface area contributed by atoms with Gasteiger partial charge in [-0.3, -0.25) is 15.5 Å². The summed E-state index contributed by atoms with van der Waals surface area (Å²) in [6.07, 6.45) is 2.36. The Kier molecular flexibility index (Phi) is 7.72. The lowest BCUT2D eigenvalue weighted by atomic mass is 10.1. The van der Waals surface area contributed by atoms with E-state index in [2.05, 4.69) is 15.8 Å². The molecule has 0 saturated carbocycles. The van der Waals surface area contributed by atoms with Crippen LogP contribution in [0, 0.1) is 10.1 Å². The first-order valence-electron chi connectivity index (χ1n) is 8.09. The molecule has 1 aromatic carbocycles. The quantitative estimate of drug-likeness (QED) is 0.228. The summed E-state index contributed by atoms with van der Waals surface area (Å²) in [5.74, 6) is 1.13. The van der Waals surface area contributed by atoms with Crippen LogP contribution in [0.1, 0.15) is 19.1 Å². The third-order valence-electron chi connectivity index (χ3n) is 3.30. The molecule has 0 aliphatic rings. The minimum Gasteiger partial charge on any atom is -0.455 e. The molecule has 26 heavy (non-hydrogen) atoms. The van der Waals surface area contributed by atoms with Crippen molar-refractivity contribution in [1.82, 2.24) is 10.7 Å². The highest BCUT2D eigenvalue weighted by Gasteiger charge is 2.07. The second-order valence-corrected chi connectivity index (χ2v) is 5.59. The fraction of sp³-hybridized carbons (Fsp3) is 0.294. The summed E-state index contributed by atoms with van der Waals surface area (Å²) in [7, 11) is 0. The number of nitrogens with zero attached hydrogens (tertiary/aromatic N) is 2. The summed E-state index contributed by atoms with van der Waals surface area (Å²) in [5.41, 5.74) is 3.49. The lowest BCUT2D eigenvalue weighted by Gasteiger charge is -2.06. The van der Waals surface area contributed by atoms with E-state index in [1.54, 1.807) is 24.3 Å². The number of furan rings is 1. The normalized spacial score (nSPS) is 10.8. The molecule has 0 fully saturated rings. The van der Waals surface area contributed by atoms with Gasteiger partial charge < -0.3 is 14.5 Å². The van der Waals surface area contributed by atoms with E-state index in [1.807, 2.05) is 6.92 Å². The van der Waals surface area contributed by atoms with Crippen LogP contribution in [-0.4, -0.2) is 36.0 Å². The van der Waals surface area contributed by atoms with Crippen LogP contribution in [0.3, 0.4) is 0 Å². The van der Waals surface area contributed by atoms with Crippen LogP contribution in [0.15, 0.2) is 45.9 Å². The zero-order valence-corrected chi connectivity index (χ0v) is 15.1. The summed E-state index contributed by atoms with van der Waals surface area (Å²) in [6.45, 7) is 4.05. The Balaban J connectivity index is 1.81. The number of non-ortho nitro benzene ring substituents is 1. The van der Waals surface area contributed by atoms with E-state index in [9.17, 15) is 10.1 Å². The van der Waals surface area contributed by atoms with Crippen LogP contribution in [0.2, 0.25) is 0 Å². The maximum absolute atomic E-state index is 10.7. The summed E-state index contributed by atoms with van der Waals surface area (Å²) in [6, 6.07) is 9.66. The summed E-state index contributed by atoms with van der Waals surface area (Å²) >= 11 is 5.10. The lowest BCUT2D eigenvalue weighted by Crippen LogP contribution is -2.33. The first kappa shape index (κ1) is 19.5. The molecule has 0 unspecified atom stereocenters. The highest BCUT2D eigenvalue weighted by Crippen LogP contribution is 2.23. The van der Waals surface area contributed by atoms with Crippen LogP contribution in [0.4, 0.5) is 5.69 Å². The predicted molar refractivity (Wildman–Crippen MR) is 103 cm³/mol. The van der Waals surface area contributed by atoms with Crippen LogP contribution >= 0.6 is 12.2 Å². The Morgan fingerprint density at radius 1 is 1.35 bits per heavy atom. The van der Waals surface area contributed by atoms with Crippen LogP contribution < -0.4 is 10.7 Å². The van der Waals surface area contributed by atoms with Crippen molar-refractivity contribution >= 4 is 29.2 Å². The second kappa shape index (κ2) is 10.3. The first-order chi connectivity index (χ1) is 12.6. The summed E-state index contributed by atoms with van der Waals surface area (Å²) < 4.78 is 10.9. The minimum atomic E-state index is -0.441. The Morgan fingerprint density at radius 2 is 2.12 bits per heavy atom. The van der Waals surface area contributed by atoms with Crippen molar-refractivity contribution in [2.24, 2.45) is 5.10 Å². The van der Waals surface area contributed by atoms with Crippen molar-refractivity contribution in [3.63, 3.8) is 0 Å². The van der Waals surface area contributed by atoms with Crippen molar-refractivity contribution < 1.29 is 14.1 Å². The number of nitro benzene ring substituents is 1. The van der Waals surface area contributed by atoms with E-state index in [4.69, 9.17) is 21.4 Å². The summed E-state index contributed by atoms with van der Waals surface area (Å²) in [4.78, 5) is 10.2. The van der Waals surface area contributed by atoms with E-state index < -0.39 is 4.92 Å². The van der Waals surface area contributed by atoms with E-state index in [1.165, 1.54) is 18.3 Å². The highest BCUT2D eigenvalue weighted by molar-refractivity contribution is 7.80. The SMILES string of the molecule is CCOCCCNC(=S)N/N=C\c1ccc(-c2ccc([N+](=O)[O-])cc2)o1. The Morgan fingerprint density at radius 3 is 2.81 bits per heavy atom. The minimum absolute atomic E-state index is 0.0357. The molecule has 0 aliphatic heterocycles. The van der Waals surface area contributed by atoms with Gasteiger partial charge in [-0.1, -0.05) is 0 Å². The van der Waals surface area contributed by atoms with Gasteiger partial charge in [0.15, 0.2) is 5.11 Å². The molecule has 2 N–H and O–H groups in total. The fourth-order valence-corrected chi connectivity index (χ4v) is 2.19. The van der Waals surface area contributed by atoms with Crippen molar-refractivity contribution in [1.29, 1.82) is 0 Å². The lowest BCUT2D eigenvalue weighted by molar-refractivity contribution is -0.384. The third-order valence-corrected chi connectivity index (χ3v) is 3.54. The van der Waals surface area contributed by atoms with E-state index >= 15 is 0 Å².